The number of aromatic hydroxyl groups is 1. The summed E-state index contributed by atoms with van der Waals surface area (Å²) in [4.78, 5) is 61.7. The monoisotopic (exact) mass is 942 g/mol. The fraction of sp³-hybridized carbons (Fsp3) is 0.423. The number of halogens is 1. The average molecular weight is 943 g/mol. The molecule has 68 heavy (non-hydrogen) atoms. The van der Waals surface area contributed by atoms with E-state index in [0.29, 0.717) is 96.7 Å². The number of nitriles is 1. The minimum Gasteiger partial charge on any atom is -0.508 e. The molecule has 4 aliphatic rings. The van der Waals surface area contributed by atoms with E-state index in [-0.39, 0.29) is 66.0 Å². The zero-order valence-electron chi connectivity index (χ0n) is 38.1. The third kappa shape index (κ3) is 9.63. The number of piperazine rings is 1. The zero-order chi connectivity index (χ0) is 47.5. The summed E-state index contributed by atoms with van der Waals surface area (Å²) >= 11 is 6.15. The average Bonchev–Trinajstić information content (AvgIpc) is 3.70. The van der Waals surface area contributed by atoms with Crippen LogP contribution in [0.25, 0.3) is 22.3 Å². The van der Waals surface area contributed by atoms with Crippen LogP contribution in [0.15, 0.2) is 71.5 Å². The number of cyclic esters (lactones) is 1. The van der Waals surface area contributed by atoms with E-state index in [9.17, 15) is 29.4 Å². The summed E-state index contributed by atoms with van der Waals surface area (Å²) in [5.74, 6) is 0.732. The number of unbranched alkanes of at least 4 members (excludes halogenated alkanes) is 2. The van der Waals surface area contributed by atoms with Crippen molar-refractivity contribution in [2.24, 2.45) is 0 Å². The Morgan fingerprint density at radius 3 is 2.47 bits per heavy atom. The summed E-state index contributed by atoms with van der Waals surface area (Å²) in [7, 11) is 0. The Balaban J connectivity index is 0.693. The molecule has 2 fully saturated rings. The van der Waals surface area contributed by atoms with Crippen molar-refractivity contribution in [1.29, 1.82) is 5.26 Å². The fourth-order valence-electron chi connectivity index (χ4n) is 9.96. The minimum atomic E-state index is -1.90. The summed E-state index contributed by atoms with van der Waals surface area (Å²) in [5, 5.41) is 35.9. The van der Waals surface area contributed by atoms with Crippen LogP contribution in [0.5, 0.6) is 17.2 Å². The van der Waals surface area contributed by atoms with Gasteiger partial charge in [-0.15, -0.1) is 0 Å². The van der Waals surface area contributed by atoms with Crippen molar-refractivity contribution < 1.29 is 38.8 Å². The van der Waals surface area contributed by atoms with Crippen LogP contribution in [0.2, 0.25) is 5.02 Å². The van der Waals surface area contributed by atoms with Crippen LogP contribution < -0.4 is 20.3 Å². The van der Waals surface area contributed by atoms with Gasteiger partial charge in [-0.2, -0.15) is 5.26 Å². The van der Waals surface area contributed by atoms with E-state index in [0.717, 1.165) is 61.5 Å². The zero-order valence-corrected chi connectivity index (χ0v) is 38.9. The predicted molar refractivity (Wildman–Crippen MR) is 253 cm³/mol. The number of phenolic OH excluding ortho intramolecular Hbond substituents is 1. The highest BCUT2D eigenvalue weighted by molar-refractivity contribution is 6.31. The lowest BCUT2D eigenvalue weighted by molar-refractivity contribution is -0.172. The van der Waals surface area contributed by atoms with Crippen molar-refractivity contribution in [2.45, 2.75) is 109 Å². The number of carbonyl (C=O) groups excluding carboxylic acids is 3. The van der Waals surface area contributed by atoms with Crippen LogP contribution in [0.1, 0.15) is 109 Å². The second-order valence-corrected chi connectivity index (χ2v) is 18.7. The second-order valence-electron chi connectivity index (χ2n) is 18.3. The van der Waals surface area contributed by atoms with Crippen molar-refractivity contribution in [3.8, 4) is 34.7 Å². The molecule has 1 saturated carbocycles. The molecule has 354 valence electrons. The number of carbonyl (C=O) groups is 3. The number of rotatable bonds is 15. The summed E-state index contributed by atoms with van der Waals surface area (Å²) in [6, 6.07) is 21.4. The molecule has 3 N–H and O–H groups in total. The van der Waals surface area contributed by atoms with Gasteiger partial charge in [0.25, 0.3) is 11.5 Å². The molecule has 16 heteroatoms. The third-order valence-electron chi connectivity index (χ3n) is 13.8. The van der Waals surface area contributed by atoms with Crippen LogP contribution >= 0.6 is 11.6 Å². The molecule has 3 aliphatic heterocycles. The Labute approximate surface area is 399 Å². The number of pyridine rings is 2. The summed E-state index contributed by atoms with van der Waals surface area (Å²) < 4.78 is 18.9. The Morgan fingerprint density at radius 2 is 1.74 bits per heavy atom. The van der Waals surface area contributed by atoms with Gasteiger partial charge in [0.15, 0.2) is 5.60 Å². The number of ether oxygens (including phenoxy) is 3. The largest absolute Gasteiger partial charge is 0.508 e. The normalized spacial score (nSPS) is 19.9. The molecule has 5 aromatic rings. The number of amides is 2. The van der Waals surface area contributed by atoms with Crippen molar-refractivity contribution >= 4 is 40.3 Å². The van der Waals surface area contributed by atoms with E-state index in [2.05, 4.69) is 16.3 Å². The van der Waals surface area contributed by atoms with E-state index in [1.54, 1.807) is 65.2 Å². The number of nitrogens with zero attached hydrogens (tertiary/aromatic N) is 5. The van der Waals surface area contributed by atoms with Crippen molar-refractivity contribution in [1.82, 2.24) is 24.7 Å². The molecule has 9 rings (SSSR count). The SMILES string of the molecule is CCC[C@@]1(O)C(=O)OCc2c1cc1n(c2=O)Cc2cc3c(CN4CCN(C(=O)CCCCCOc5ccc(C(=O)NC6CCC(Oc7ccc(C#N)c(Cl)c7)CC6)cc5)CC4)c(O)ccc3nc2-1. The highest BCUT2D eigenvalue weighted by Crippen LogP contribution is 2.40. The van der Waals surface area contributed by atoms with E-state index in [4.69, 9.17) is 36.1 Å². The van der Waals surface area contributed by atoms with Gasteiger partial charge in [-0.05, 0) is 112 Å². The molecule has 5 heterocycles. The number of benzene rings is 3. The smallest absolute Gasteiger partial charge is 0.343 e. The van der Waals surface area contributed by atoms with Gasteiger partial charge in [-0.25, -0.2) is 9.78 Å². The molecular weight excluding hydrogens is 888 g/mol. The number of aromatic nitrogens is 2. The second kappa shape index (κ2) is 20.0. The summed E-state index contributed by atoms with van der Waals surface area (Å²) in [6.07, 6.45) is 6.72. The number of aliphatic hydroxyl groups is 1. The van der Waals surface area contributed by atoms with Crippen LogP contribution in [-0.4, -0.2) is 92.3 Å². The highest BCUT2D eigenvalue weighted by atomic mass is 35.5. The first-order valence-corrected chi connectivity index (χ1v) is 24.0. The minimum absolute atomic E-state index is 0.0229. The summed E-state index contributed by atoms with van der Waals surface area (Å²) in [6.45, 7) is 5.37. The summed E-state index contributed by atoms with van der Waals surface area (Å²) in [5.41, 5.74) is 2.66. The van der Waals surface area contributed by atoms with Gasteiger partial charge in [-0.3, -0.25) is 19.3 Å². The predicted octanol–water partition coefficient (Wildman–Crippen LogP) is 7.10. The lowest BCUT2D eigenvalue weighted by atomic mass is 9.84. The van der Waals surface area contributed by atoms with Crippen molar-refractivity contribution in [3.05, 3.63) is 115 Å². The standard InChI is InChI=1S/C52H55ClN6O9/c1-2-19-52(65)42-27-45-48-34(29-59(45)50(63)41(42)31-67-51(52)64)25-39-40(46(60)18-17-44(39)56-48)30-57-20-22-58(23-21-57)47(61)6-4-3-5-24-66-36-12-7-32(8-13-36)49(62)55-35-10-15-37(16-11-35)68-38-14-9-33(28-54)43(53)26-38/h7-9,12-14,17-18,25-27,35,37,60,65H,2-6,10-11,15-16,19-24,29-31H2,1H3,(H,55,62)/t35?,37?,52-/m0/s1. The fourth-order valence-corrected chi connectivity index (χ4v) is 10.2. The first-order valence-electron chi connectivity index (χ1n) is 23.6. The van der Waals surface area contributed by atoms with Gasteiger partial charge in [0, 0.05) is 78.9 Å². The first kappa shape index (κ1) is 46.6. The molecule has 0 spiro atoms. The third-order valence-corrected chi connectivity index (χ3v) is 14.1. The van der Waals surface area contributed by atoms with Gasteiger partial charge in [0.1, 0.15) is 29.9 Å². The topological polar surface area (TPSA) is 197 Å². The number of hydrogen-bond acceptors (Lipinski definition) is 12. The molecular formula is C52H55ClN6O9. The van der Waals surface area contributed by atoms with Crippen LogP contribution in [0.3, 0.4) is 0 Å². The molecule has 0 radical (unpaired) electrons. The molecule has 15 nitrogen and oxygen atoms in total. The molecule has 2 aromatic heterocycles. The van der Waals surface area contributed by atoms with Crippen LogP contribution in [-0.2, 0) is 39.6 Å². The molecule has 1 aliphatic carbocycles. The molecule has 2 amide bonds. The van der Waals surface area contributed by atoms with E-state index in [1.165, 1.54) is 0 Å². The Kier molecular flexibility index (Phi) is 13.7. The van der Waals surface area contributed by atoms with E-state index in [1.807, 2.05) is 17.9 Å². The quantitative estimate of drug-likeness (QED) is 0.0699. The van der Waals surface area contributed by atoms with Crippen molar-refractivity contribution in [2.75, 3.05) is 32.8 Å². The Bertz CT molecular complexity index is 2850. The van der Waals surface area contributed by atoms with Crippen molar-refractivity contribution in [3.63, 3.8) is 0 Å². The molecule has 1 atom stereocenters. The van der Waals surface area contributed by atoms with Gasteiger partial charge in [0.05, 0.1) is 52.3 Å². The number of phenols is 1. The lowest BCUT2D eigenvalue weighted by Crippen LogP contribution is -2.48. The molecule has 0 unspecified atom stereocenters. The molecule has 3 aromatic carbocycles. The first-order chi connectivity index (χ1) is 32.9. The maximum absolute atomic E-state index is 13.7. The molecule has 0 bridgehead atoms. The van der Waals surface area contributed by atoms with E-state index < -0.39 is 11.6 Å². The maximum Gasteiger partial charge on any atom is 0.343 e. The Hall–Kier alpha value is -6.47. The Morgan fingerprint density at radius 1 is 0.971 bits per heavy atom. The van der Waals surface area contributed by atoms with Gasteiger partial charge >= 0.3 is 5.97 Å². The molecule has 1 saturated heterocycles. The van der Waals surface area contributed by atoms with Crippen LogP contribution in [0, 0.1) is 11.3 Å². The number of hydrogen-bond donors (Lipinski definition) is 3. The number of fused-ring (bicyclic) bond motifs is 5. The van der Waals surface area contributed by atoms with Crippen LogP contribution in [0.4, 0.5) is 0 Å². The van der Waals surface area contributed by atoms with E-state index >= 15 is 0 Å². The van der Waals surface area contributed by atoms with Gasteiger partial charge in [0.2, 0.25) is 5.91 Å². The lowest BCUT2D eigenvalue weighted by Gasteiger charge is -2.35. The highest BCUT2D eigenvalue weighted by Gasteiger charge is 2.46. The maximum atomic E-state index is 13.7. The number of nitrogens with one attached hydrogen (secondary N) is 1. The van der Waals surface area contributed by atoms with Gasteiger partial charge in [-0.1, -0.05) is 24.9 Å². The van der Waals surface area contributed by atoms with Gasteiger partial charge < -0.3 is 39.2 Å². The number of esters is 1.